The summed E-state index contributed by atoms with van der Waals surface area (Å²) in [6.07, 6.45) is -0.420. The Balaban J connectivity index is 4.12. The lowest BCUT2D eigenvalue weighted by Gasteiger charge is -2.13. The molecular weight excluding hydrogens is 248 g/mol. The molecule has 0 rings (SSSR count). The number of carbonyl (C=O) groups excluding carboxylic acids is 1. The van der Waals surface area contributed by atoms with Gasteiger partial charge in [-0.05, 0) is 0 Å². The first-order chi connectivity index (χ1) is 7.22. The van der Waals surface area contributed by atoms with Gasteiger partial charge in [0.05, 0.1) is 25.8 Å². The summed E-state index contributed by atoms with van der Waals surface area (Å²) in [5, 5.41) is 8.19. The number of hydrogen-bond donors (Lipinski definition) is 2. The molecule has 0 aromatic heterocycles. The van der Waals surface area contributed by atoms with Gasteiger partial charge >= 0.3 is 5.97 Å². The lowest BCUT2D eigenvalue weighted by Crippen LogP contribution is -2.40. The molecule has 6 nitrogen and oxygen atoms in total. The third-order valence-electron chi connectivity index (χ3n) is 1.58. The third-order valence-corrected chi connectivity index (χ3v) is 2.91. The van der Waals surface area contributed by atoms with Crippen molar-refractivity contribution in [1.29, 1.82) is 0 Å². The first-order valence-corrected chi connectivity index (χ1v) is 5.90. The van der Waals surface area contributed by atoms with E-state index in [1.807, 2.05) is 0 Å². The summed E-state index contributed by atoms with van der Waals surface area (Å²) in [6, 6.07) is 0. The molecule has 0 fully saturated rings. The molecule has 0 aromatic rings. The maximum atomic E-state index is 12.5. The van der Waals surface area contributed by atoms with Gasteiger partial charge in [-0.1, -0.05) is 0 Å². The van der Waals surface area contributed by atoms with E-state index < -0.39 is 47.2 Å². The number of methoxy groups -OCH3 is 1. The fourth-order valence-corrected chi connectivity index (χ4v) is 1.67. The number of alkyl halides is 2. The van der Waals surface area contributed by atoms with Crippen molar-refractivity contribution in [3.05, 3.63) is 0 Å². The molecule has 0 amide bonds. The van der Waals surface area contributed by atoms with Gasteiger partial charge in [0.25, 0.3) is 5.92 Å². The van der Waals surface area contributed by atoms with Crippen molar-refractivity contribution in [3.63, 3.8) is 0 Å². The molecular formula is C7H13F2NO5S. The molecule has 0 spiro atoms. The van der Waals surface area contributed by atoms with Crippen LogP contribution in [0.2, 0.25) is 0 Å². The minimum absolute atomic E-state index is 0.420. The van der Waals surface area contributed by atoms with Crippen LogP contribution in [0.3, 0.4) is 0 Å². The Morgan fingerprint density at radius 2 is 2.06 bits per heavy atom. The molecule has 0 saturated carbocycles. The van der Waals surface area contributed by atoms with Crippen LogP contribution in [0.15, 0.2) is 0 Å². The lowest BCUT2D eigenvalue weighted by atomic mass is 10.4. The second kappa shape index (κ2) is 6.06. The number of carbonyl (C=O) groups is 1. The number of aliphatic hydroxyl groups excluding tert-OH is 1. The van der Waals surface area contributed by atoms with Gasteiger partial charge in [-0.2, -0.15) is 0 Å². The first-order valence-electron chi connectivity index (χ1n) is 4.25. The maximum absolute atomic E-state index is 12.5. The molecule has 0 aliphatic carbocycles. The second-order valence-corrected chi connectivity index (χ2v) is 4.91. The number of ether oxygens (including phenoxy) is 1. The van der Waals surface area contributed by atoms with Crippen molar-refractivity contribution in [3.8, 4) is 0 Å². The number of esters is 1. The Hall–Kier alpha value is -0.800. The zero-order valence-electron chi connectivity index (χ0n) is 8.57. The van der Waals surface area contributed by atoms with Crippen LogP contribution in [0.1, 0.15) is 6.42 Å². The monoisotopic (exact) mass is 261 g/mol. The predicted octanol–water partition coefficient (Wildman–Crippen LogP) is -0.904. The summed E-state index contributed by atoms with van der Waals surface area (Å²) in [4.78, 5) is 10.6. The molecule has 0 heterocycles. The quantitative estimate of drug-likeness (QED) is 0.579. The molecule has 0 aromatic carbocycles. The summed E-state index contributed by atoms with van der Waals surface area (Å²) >= 11 is 0. The molecule has 96 valence electrons. The van der Waals surface area contributed by atoms with E-state index in [1.165, 1.54) is 0 Å². The summed E-state index contributed by atoms with van der Waals surface area (Å²) in [5.41, 5.74) is 0. The highest BCUT2D eigenvalue weighted by Gasteiger charge is 2.29. The summed E-state index contributed by atoms with van der Waals surface area (Å²) < 4.78 is 52.9. The Morgan fingerprint density at radius 3 is 2.50 bits per heavy atom. The molecule has 0 atom stereocenters. The highest BCUT2D eigenvalue weighted by atomic mass is 32.2. The normalized spacial score (nSPS) is 12.5. The standard InChI is InChI=1S/C7H13F2NO5S/c1-15-6(12)2-3-16(13,14)10-4-7(8,9)5-11/h10-11H,2-5H2,1H3. The minimum Gasteiger partial charge on any atom is -0.469 e. The number of hydrogen-bond acceptors (Lipinski definition) is 5. The smallest absolute Gasteiger partial charge is 0.306 e. The molecule has 0 radical (unpaired) electrons. The SMILES string of the molecule is COC(=O)CCS(=O)(=O)NCC(F)(F)CO. The van der Waals surface area contributed by atoms with Gasteiger partial charge in [0.1, 0.15) is 6.61 Å². The average Bonchev–Trinajstić information content (AvgIpc) is 2.24. The molecule has 2 N–H and O–H groups in total. The van der Waals surface area contributed by atoms with E-state index in [2.05, 4.69) is 4.74 Å². The summed E-state index contributed by atoms with van der Waals surface area (Å²) in [7, 11) is -2.89. The van der Waals surface area contributed by atoms with E-state index in [4.69, 9.17) is 5.11 Å². The number of sulfonamides is 1. The van der Waals surface area contributed by atoms with Crippen molar-refractivity contribution in [2.75, 3.05) is 26.0 Å². The number of aliphatic hydroxyl groups is 1. The fourth-order valence-electron chi connectivity index (χ4n) is 0.663. The van der Waals surface area contributed by atoms with Crippen LogP contribution in [-0.2, 0) is 19.6 Å². The van der Waals surface area contributed by atoms with E-state index in [0.29, 0.717) is 0 Å². The van der Waals surface area contributed by atoms with Crippen LogP contribution in [0.25, 0.3) is 0 Å². The molecule has 0 aliphatic heterocycles. The van der Waals surface area contributed by atoms with Crippen molar-refractivity contribution in [2.45, 2.75) is 12.3 Å². The zero-order valence-corrected chi connectivity index (χ0v) is 9.39. The highest BCUT2D eigenvalue weighted by Crippen LogP contribution is 2.10. The van der Waals surface area contributed by atoms with Crippen LogP contribution in [0.5, 0.6) is 0 Å². The average molecular weight is 261 g/mol. The lowest BCUT2D eigenvalue weighted by molar-refractivity contribution is -0.140. The summed E-state index contributed by atoms with van der Waals surface area (Å²) in [6.45, 7) is -2.65. The molecule has 9 heteroatoms. The van der Waals surface area contributed by atoms with Crippen molar-refractivity contribution < 1.29 is 31.8 Å². The molecule has 0 bridgehead atoms. The van der Waals surface area contributed by atoms with Crippen LogP contribution >= 0.6 is 0 Å². The fraction of sp³-hybridized carbons (Fsp3) is 0.857. The zero-order chi connectivity index (χ0) is 12.8. The molecule has 0 saturated heterocycles. The second-order valence-electron chi connectivity index (χ2n) is 2.98. The molecule has 0 aliphatic rings. The Kier molecular flexibility index (Phi) is 5.76. The Morgan fingerprint density at radius 1 is 1.50 bits per heavy atom. The van der Waals surface area contributed by atoms with Gasteiger partial charge < -0.3 is 9.84 Å². The number of rotatable bonds is 7. The van der Waals surface area contributed by atoms with Gasteiger partial charge in [0, 0.05) is 0 Å². The van der Waals surface area contributed by atoms with E-state index in [-0.39, 0.29) is 0 Å². The minimum atomic E-state index is -3.97. The van der Waals surface area contributed by atoms with Crippen molar-refractivity contribution in [1.82, 2.24) is 4.72 Å². The number of halogens is 2. The van der Waals surface area contributed by atoms with Crippen molar-refractivity contribution >= 4 is 16.0 Å². The third kappa shape index (κ3) is 6.64. The summed E-state index contributed by atoms with van der Waals surface area (Å²) in [5.74, 6) is -4.90. The van der Waals surface area contributed by atoms with Crippen LogP contribution in [0, 0.1) is 0 Å². The van der Waals surface area contributed by atoms with Gasteiger partial charge in [0.15, 0.2) is 0 Å². The van der Waals surface area contributed by atoms with E-state index in [1.54, 1.807) is 4.72 Å². The van der Waals surface area contributed by atoms with E-state index in [0.717, 1.165) is 7.11 Å². The Labute approximate surface area is 91.6 Å². The molecule has 0 unspecified atom stereocenters. The topological polar surface area (TPSA) is 92.7 Å². The van der Waals surface area contributed by atoms with E-state index >= 15 is 0 Å². The molecule has 16 heavy (non-hydrogen) atoms. The largest absolute Gasteiger partial charge is 0.469 e. The van der Waals surface area contributed by atoms with Crippen LogP contribution in [-0.4, -0.2) is 51.4 Å². The highest BCUT2D eigenvalue weighted by molar-refractivity contribution is 7.89. The van der Waals surface area contributed by atoms with Crippen molar-refractivity contribution in [2.24, 2.45) is 0 Å². The maximum Gasteiger partial charge on any atom is 0.306 e. The van der Waals surface area contributed by atoms with Crippen LogP contribution in [0.4, 0.5) is 8.78 Å². The van der Waals surface area contributed by atoms with Gasteiger partial charge in [-0.25, -0.2) is 21.9 Å². The first kappa shape index (κ1) is 15.2. The number of nitrogens with one attached hydrogen (secondary N) is 1. The predicted molar refractivity (Wildman–Crippen MR) is 50.5 cm³/mol. The van der Waals surface area contributed by atoms with Gasteiger partial charge in [-0.3, -0.25) is 4.79 Å². The van der Waals surface area contributed by atoms with Gasteiger partial charge in [0.2, 0.25) is 10.0 Å². The van der Waals surface area contributed by atoms with Crippen LogP contribution < -0.4 is 4.72 Å². The van der Waals surface area contributed by atoms with Gasteiger partial charge in [-0.15, -0.1) is 0 Å². The van der Waals surface area contributed by atoms with E-state index in [9.17, 15) is 22.0 Å². The Bertz CT molecular complexity index is 330.